The van der Waals surface area contributed by atoms with E-state index in [1.165, 1.54) is 12.5 Å². The van der Waals surface area contributed by atoms with Gasteiger partial charge in [0, 0.05) is 17.5 Å². The Morgan fingerprint density at radius 2 is 1.63 bits per heavy atom. The van der Waals surface area contributed by atoms with E-state index >= 15 is 4.39 Å². The summed E-state index contributed by atoms with van der Waals surface area (Å²) in [6, 6.07) is 4.63. The first-order chi connectivity index (χ1) is 18.4. The van der Waals surface area contributed by atoms with Gasteiger partial charge in [-0.1, -0.05) is 32.8 Å². The minimum Gasteiger partial charge on any atom is -0.450 e. The van der Waals surface area contributed by atoms with Crippen LogP contribution in [0.25, 0.3) is 0 Å². The number of benzene rings is 2. The van der Waals surface area contributed by atoms with E-state index in [0.29, 0.717) is 54.7 Å². The molecule has 0 N–H and O–H groups in total. The Balaban J connectivity index is 1.21. The Bertz CT molecular complexity index is 1160. The molecule has 1 saturated carbocycles. The Morgan fingerprint density at radius 3 is 2.32 bits per heavy atom. The summed E-state index contributed by atoms with van der Waals surface area (Å²) in [5.74, 6) is -3.36. The molecule has 0 bridgehead atoms. The van der Waals surface area contributed by atoms with Crippen LogP contribution in [0.3, 0.4) is 0 Å². The quantitative estimate of drug-likeness (QED) is 0.229. The van der Waals surface area contributed by atoms with Crippen LogP contribution in [-0.4, -0.2) is 18.7 Å². The SMILES string of the molecule is CCCc1cc2c(c(F)c1F)Oc1c(ccc(OC(=O)C3CCC(C4CCC(CCC)OC4)CC3)c1F)C2. The molecule has 5 rings (SSSR count). The van der Waals surface area contributed by atoms with Crippen LogP contribution in [0, 0.1) is 35.2 Å². The Labute approximate surface area is 222 Å². The average molecular weight is 531 g/mol. The fraction of sp³-hybridized carbons (Fsp3) is 0.581. The highest BCUT2D eigenvalue weighted by atomic mass is 19.2. The van der Waals surface area contributed by atoms with Gasteiger partial charge in [-0.25, -0.2) is 4.39 Å². The minimum atomic E-state index is -1.11. The molecular formula is C31H37F3O4. The van der Waals surface area contributed by atoms with Crippen LogP contribution in [0.4, 0.5) is 13.2 Å². The molecule has 3 aliphatic rings. The number of halogens is 3. The summed E-state index contributed by atoms with van der Waals surface area (Å²) < 4.78 is 61.7. The van der Waals surface area contributed by atoms with Crippen LogP contribution >= 0.6 is 0 Å². The lowest BCUT2D eigenvalue weighted by Gasteiger charge is -2.37. The van der Waals surface area contributed by atoms with Crippen molar-refractivity contribution in [1.82, 2.24) is 0 Å². The van der Waals surface area contributed by atoms with Crippen molar-refractivity contribution in [2.24, 2.45) is 17.8 Å². The van der Waals surface area contributed by atoms with Gasteiger partial charge in [-0.3, -0.25) is 4.79 Å². The molecule has 2 atom stereocenters. The van der Waals surface area contributed by atoms with E-state index in [0.717, 1.165) is 38.7 Å². The van der Waals surface area contributed by atoms with Gasteiger partial charge in [-0.2, -0.15) is 8.78 Å². The van der Waals surface area contributed by atoms with Crippen molar-refractivity contribution in [3.8, 4) is 17.2 Å². The zero-order valence-corrected chi connectivity index (χ0v) is 22.3. The van der Waals surface area contributed by atoms with Gasteiger partial charge in [0.1, 0.15) is 0 Å². The number of esters is 1. The molecule has 1 aliphatic carbocycles. The number of fused-ring (bicyclic) bond motifs is 2. The molecule has 0 radical (unpaired) electrons. The molecule has 2 heterocycles. The molecule has 0 amide bonds. The summed E-state index contributed by atoms with van der Waals surface area (Å²) >= 11 is 0. The largest absolute Gasteiger partial charge is 0.450 e. The zero-order chi connectivity index (χ0) is 26.8. The molecule has 2 aromatic rings. The van der Waals surface area contributed by atoms with Crippen molar-refractivity contribution in [3.05, 3.63) is 52.3 Å². The number of hydrogen-bond acceptors (Lipinski definition) is 4. The summed E-state index contributed by atoms with van der Waals surface area (Å²) in [7, 11) is 0. The highest BCUT2D eigenvalue weighted by molar-refractivity contribution is 5.75. The van der Waals surface area contributed by atoms with Crippen LogP contribution in [0.5, 0.6) is 17.2 Å². The van der Waals surface area contributed by atoms with Gasteiger partial charge < -0.3 is 14.2 Å². The summed E-state index contributed by atoms with van der Waals surface area (Å²) in [6.07, 6.45) is 9.51. The maximum Gasteiger partial charge on any atom is 0.314 e. The molecule has 2 unspecified atom stereocenters. The first-order valence-electron chi connectivity index (χ1n) is 14.2. The number of ether oxygens (including phenoxy) is 3. The van der Waals surface area contributed by atoms with Crippen molar-refractivity contribution >= 4 is 5.97 Å². The van der Waals surface area contributed by atoms with Crippen LogP contribution in [0.15, 0.2) is 18.2 Å². The van der Waals surface area contributed by atoms with E-state index < -0.39 is 23.4 Å². The maximum atomic E-state index is 15.4. The zero-order valence-electron chi connectivity index (χ0n) is 22.3. The summed E-state index contributed by atoms with van der Waals surface area (Å²) in [6.45, 7) is 4.88. The summed E-state index contributed by atoms with van der Waals surface area (Å²) in [4.78, 5) is 12.9. The molecule has 38 heavy (non-hydrogen) atoms. The van der Waals surface area contributed by atoms with E-state index in [1.54, 1.807) is 12.1 Å². The van der Waals surface area contributed by atoms with Gasteiger partial charge in [-0.15, -0.1) is 0 Å². The van der Waals surface area contributed by atoms with Crippen LogP contribution < -0.4 is 9.47 Å². The normalized spacial score (nSPS) is 24.8. The van der Waals surface area contributed by atoms with Crippen molar-refractivity contribution in [3.63, 3.8) is 0 Å². The minimum absolute atomic E-state index is 0.206. The predicted molar refractivity (Wildman–Crippen MR) is 138 cm³/mol. The van der Waals surface area contributed by atoms with Crippen LogP contribution in [-0.2, 0) is 22.4 Å². The number of carbonyl (C=O) groups excluding carboxylic acids is 1. The maximum absolute atomic E-state index is 15.4. The van der Waals surface area contributed by atoms with E-state index in [9.17, 15) is 13.6 Å². The van der Waals surface area contributed by atoms with Crippen LogP contribution in [0.2, 0.25) is 0 Å². The van der Waals surface area contributed by atoms with E-state index in [4.69, 9.17) is 14.2 Å². The highest BCUT2D eigenvalue weighted by Gasteiger charge is 2.35. The van der Waals surface area contributed by atoms with Gasteiger partial charge in [0.2, 0.25) is 11.6 Å². The van der Waals surface area contributed by atoms with Gasteiger partial charge in [-0.05, 0) is 80.9 Å². The number of hydrogen-bond donors (Lipinski definition) is 0. The molecular weight excluding hydrogens is 493 g/mol. The highest BCUT2D eigenvalue weighted by Crippen LogP contribution is 2.44. The number of rotatable bonds is 7. The second-order valence-corrected chi connectivity index (χ2v) is 11.2. The predicted octanol–water partition coefficient (Wildman–Crippen LogP) is 8.06. The third kappa shape index (κ3) is 5.45. The molecule has 1 saturated heterocycles. The van der Waals surface area contributed by atoms with E-state index in [-0.39, 0.29) is 35.2 Å². The fourth-order valence-electron chi connectivity index (χ4n) is 6.39. The smallest absolute Gasteiger partial charge is 0.314 e. The molecule has 0 aromatic heterocycles. The third-order valence-electron chi connectivity index (χ3n) is 8.56. The Morgan fingerprint density at radius 1 is 0.895 bits per heavy atom. The summed E-state index contributed by atoms with van der Waals surface area (Å²) in [5.41, 5.74) is 1.26. The van der Waals surface area contributed by atoms with Crippen molar-refractivity contribution in [2.75, 3.05) is 6.61 Å². The molecule has 2 aliphatic heterocycles. The van der Waals surface area contributed by atoms with Crippen molar-refractivity contribution in [2.45, 2.75) is 90.6 Å². The first kappa shape index (κ1) is 27.0. The van der Waals surface area contributed by atoms with Crippen LogP contribution in [0.1, 0.15) is 88.3 Å². The molecule has 2 fully saturated rings. The standard InChI is InChI=1S/C31H37F3O4/c1-3-5-20-15-23-16-21-12-14-25(27(33)29(21)38-30(23)28(34)26(20)32)37-31(35)19-9-7-18(8-10-19)22-11-13-24(6-4-2)36-17-22/h12,14-15,18-19,22,24H,3-11,13,16-17H2,1-2H3. The average Bonchev–Trinajstić information content (AvgIpc) is 2.93. The monoisotopic (exact) mass is 530 g/mol. The Kier molecular flexibility index (Phi) is 8.32. The molecule has 206 valence electrons. The molecule has 7 heteroatoms. The van der Waals surface area contributed by atoms with Crippen molar-refractivity contribution in [1.29, 1.82) is 0 Å². The fourth-order valence-corrected chi connectivity index (χ4v) is 6.39. The number of aryl methyl sites for hydroxylation is 1. The lowest BCUT2D eigenvalue weighted by molar-refractivity contribution is -0.140. The molecule has 2 aromatic carbocycles. The molecule has 0 spiro atoms. The topological polar surface area (TPSA) is 44.8 Å². The van der Waals surface area contributed by atoms with Gasteiger partial charge in [0.25, 0.3) is 0 Å². The Hall–Kier alpha value is -2.54. The second-order valence-electron chi connectivity index (χ2n) is 11.2. The van der Waals surface area contributed by atoms with E-state index in [2.05, 4.69) is 6.92 Å². The number of carbonyl (C=O) groups is 1. The molecule has 4 nitrogen and oxygen atoms in total. The lowest BCUT2D eigenvalue weighted by atomic mass is 9.73. The van der Waals surface area contributed by atoms with Gasteiger partial charge in [0.05, 0.1) is 18.6 Å². The van der Waals surface area contributed by atoms with Gasteiger partial charge in [0.15, 0.2) is 23.1 Å². The van der Waals surface area contributed by atoms with Crippen molar-refractivity contribution < 1.29 is 32.2 Å². The summed E-state index contributed by atoms with van der Waals surface area (Å²) in [5, 5.41) is 0. The first-order valence-corrected chi connectivity index (χ1v) is 14.2. The lowest BCUT2D eigenvalue weighted by Crippen LogP contribution is -2.34. The third-order valence-corrected chi connectivity index (χ3v) is 8.56. The van der Waals surface area contributed by atoms with Gasteiger partial charge >= 0.3 is 5.97 Å². The second kappa shape index (κ2) is 11.7. The van der Waals surface area contributed by atoms with E-state index in [1.807, 2.05) is 6.92 Å².